The van der Waals surface area contributed by atoms with Gasteiger partial charge in [0.15, 0.2) is 6.61 Å². The zero-order chi connectivity index (χ0) is 22.2. The van der Waals surface area contributed by atoms with E-state index in [1.54, 1.807) is 11.0 Å². The van der Waals surface area contributed by atoms with Crippen LogP contribution in [0.4, 0.5) is 4.79 Å². The predicted octanol–water partition coefficient (Wildman–Crippen LogP) is 2.55. The molecule has 8 nitrogen and oxygen atoms in total. The van der Waals surface area contributed by atoms with Crippen LogP contribution < -0.4 is 10.6 Å². The number of piperidine rings is 1. The van der Waals surface area contributed by atoms with Crippen LogP contribution in [0.1, 0.15) is 60.9 Å². The first-order valence-electron chi connectivity index (χ1n) is 11.1. The van der Waals surface area contributed by atoms with Gasteiger partial charge in [0.2, 0.25) is 0 Å². The topological polar surface area (TPSA) is 105 Å². The Morgan fingerprint density at radius 3 is 2.35 bits per heavy atom. The summed E-state index contributed by atoms with van der Waals surface area (Å²) in [6.07, 6.45) is 6.13. The third-order valence-electron chi connectivity index (χ3n) is 6.03. The van der Waals surface area contributed by atoms with E-state index in [4.69, 9.17) is 4.74 Å². The number of nitrogens with zero attached hydrogens (tertiary/aromatic N) is 1. The van der Waals surface area contributed by atoms with Crippen LogP contribution in [-0.4, -0.2) is 54.5 Å². The maximum Gasteiger partial charge on any atom is 0.321 e. The first kappa shape index (κ1) is 22.8. The number of hydrogen-bond acceptors (Lipinski definition) is 5. The normalized spacial score (nSPS) is 17.6. The molecule has 1 aromatic carbocycles. The van der Waals surface area contributed by atoms with Crippen LogP contribution in [-0.2, 0) is 14.3 Å². The number of imide groups is 1. The third kappa shape index (κ3) is 6.54. The van der Waals surface area contributed by atoms with E-state index in [9.17, 15) is 19.2 Å². The van der Waals surface area contributed by atoms with Crippen molar-refractivity contribution in [2.75, 3.05) is 19.7 Å². The molecule has 0 atom stereocenters. The number of likely N-dealkylation sites (tertiary alicyclic amines) is 1. The number of urea groups is 1. The highest BCUT2D eigenvalue weighted by Crippen LogP contribution is 2.21. The van der Waals surface area contributed by atoms with E-state index < -0.39 is 24.5 Å². The van der Waals surface area contributed by atoms with E-state index in [0.29, 0.717) is 31.5 Å². The van der Waals surface area contributed by atoms with Crippen LogP contribution in [0, 0.1) is 12.8 Å². The zero-order valence-corrected chi connectivity index (χ0v) is 18.0. The SMILES string of the molecule is Cc1ccccc1C(=O)N1CCC(C(=O)OCC(=O)NC(=O)NC2CCCCC2)CC1. The maximum atomic E-state index is 12.7. The molecule has 1 aromatic rings. The van der Waals surface area contributed by atoms with Crippen molar-refractivity contribution in [3.05, 3.63) is 35.4 Å². The van der Waals surface area contributed by atoms with Crippen LogP contribution in [0.15, 0.2) is 24.3 Å². The number of carbonyl (C=O) groups excluding carboxylic acids is 4. The largest absolute Gasteiger partial charge is 0.455 e. The Hall–Kier alpha value is -2.90. The van der Waals surface area contributed by atoms with Crippen molar-refractivity contribution in [3.8, 4) is 0 Å². The molecule has 1 aliphatic carbocycles. The molecule has 168 valence electrons. The number of amides is 4. The molecule has 0 spiro atoms. The fraction of sp³-hybridized carbons (Fsp3) is 0.565. The second kappa shape index (κ2) is 10.9. The van der Waals surface area contributed by atoms with Crippen LogP contribution in [0.2, 0.25) is 0 Å². The molecule has 0 radical (unpaired) electrons. The Morgan fingerprint density at radius 1 is 1.00 bits per heavy atom. The predicted molar refractivity (Wildman–Crippen MR) is 114 cm³/mol. The van der Waals surface area contributed by atoms with Crippen molar-refractivity contribution < 1.29 is 23.9 Å². The molecular weight excluding hydrogens is 398 g/mol. The first-order chi connectivity index (χ1) is 14.9. The van der Waals surface area contributed by atoms with Crippen LogP contribution >= 0.6 is 0 Å². The number of benzene rings is 1. The Morgan fingerprint density at radius 2 is 1.68 bits per heavy atom. The number of aryl methyl sites for hydroxylation is 1. The van der Waals surface area contributed by atoms with Crippen molar-refractivity contribution >= 4 is 23.8 Å². The molecule has 4 amide bonds. The van der Waals surface area contributed by atoms with E-state index in [1.165, 1.54) is 6.42 Å². The lowest BCUT2D eigenvalue weighted by Gasteiger charge is -2.31. The van der Waals surface area contributed by atoms with Crippen LogP contribution in [0.5, 0.6) is 0 Å². The minimum Gasteiger partial charge on any atom is -0.455 e. The standard InChI is InChI=1S/C23H31N3O5/c1-16-7-5-6-10-19(16)21(28)26-13-11-17(12-14-26)22(29)31-15-20(27)25-23(30)24-18-8-3-2-4-9-18/h5-7,10,17-18H,2-4,8-9,11-15H2,1H3,(H2,24,25,27,30). The summed E-state index contributed by atoms with van der Waals surface area (Å²) in [5.41, 5.74) is 1.60. The molecule has 0 aromatic heterocycles. The lowest BCUT2D eigenvalue weighted by atomic mass is 9.96. The molecule has 8 heteroatoms. The average Bonchev–Trinajstić information content (AvgIpc) is 2.78. The van der Waals surface area contributed by atoms with Gasteiger partial charge in [-0.3, -0.25) is 19.7 Å². The van der Waals surface area contributed by atoms with Gasteiger partial charge in [0.25, 0.3) is 11.8 Å². The number of carbonyl (C=O) groups is 4. The van der Waals surface area contributed by atoms with E-state index >= 15 is 0 Å². The highest BCUT2D eigenvalue weighted by molar-refractivity contribution is 5.96. The van der Waals surface area contributed by atoms with Gasteiger partial charge in [0, 0.05) is 24.7 Å². The lowest BCUT2D eigenvalue weighted by Crippen LogP contribution is -2.46. The molecule has 31 heavy (non-hydrogen) atoms. The second-order valence-electron chi connectivity index (χ2n) is 8.35. The smallest absolute Gasteiger partial charge is 0.321 e. The molecule has 2 N–H and O–H groups in total. The quantitative estimate of drug-likeness (QED) is 0.700. The van der Waals surface area contributed by atoms with Crippen molar-refractivity contribution in [2.45, 2.75) is 57.9 Å². The van der Waals surface area contributed by atoms with Crippen molar-refractivity contribution in [1.82, 2.24) is 15.5 Å². The molecule has 3 rings (SSSR count). The van der Waals surface area contributed by atoms with Gasteiger partial charge in [-0.2, -0.15) is 0 Å². The number of nitrogens with one attached hydrogen (secondary N) is 2. The number of hydrogen-bond donors (Lipinski definition) is 2. The van der Waals surface area contributed by atoms with Gasteiger partial charge in [0.05, 0.1) is 5.92 Å². The van der Waals surface area contributed by atoms with Gasteiger partial charge in [-0.1, -0.05) is 37.5 Å². The zero-order valence-electron chi connectivity index (χ0n) is 18.0. The van der Waals surface area contributed by atoms with Gasteiger partial charge in [-0.25, -0.2) is 4.79 Å². The Balaban J connectivity index is 1.36. The van der Waals surface area contributed by atoms with E-state index in [0.717, 1.165) is 31.2 Å². The summed E-state index contributed by atoms with van der Waals surface area (Å²) in [6.45, 7) is 2.34. The van der Waals surface area contributed by atoms with E-state index in [1.807, 2.05) is 25.1 Å². The molecular formula is C23H31N3O5. The van der Waals surface area contributed by atoms with E-state index in [2.05, 4.69) is 10.6 Å². The summed E-state index contributed by atoms with van der Waals surface area (Å²) in [5.74, 6) is -1.50. The number of ether oxygens (including phenoxy) is 1. The molecule has 2 aliphatic rings. The minimum absolute atomic E-state index is 0.0340. The summed E-state index contributed by atoms with van der Waals surface area (Å²) in [6, 6.07) is 6.99. The van der Waals surface area contributed by atoms with Gasteiger partial charge >= 0.3 is 12.0 Å². The summed E-state index contributed by atoms with van der Waals surface area (Å²) in [4.78, 5) is 50.5. The highest BCUT2D eigenvalue weighted by atomic mass is 16.5. The van der Waals surface area contributed by atoms with Gasteiger partial charge < -0.3 is 15.0 Å². The van der Waals surface area contributed by atoms with Crippen molar-refractivity contribution in [3.63, 3.8) is 0 Å². The molecule has 2 fully saturated rings. The number of rotatable bonds is 5. The molecule has 1 heterocycles. The fourth-order valence-corrected chi connectivity index (χ4v) is 4.19. The van der Waals surface area contributed by atoms with Crippen LogP contribution in [0.3, 0.4) is 0 Å². The Bertz CT molecular complexity index is 811. The first-order valence-corrected chi connectivity index (χ1v) is 11.1. The summed E-state index contributed by atoms with van der Waals surface area (Å²) in [5, 5.41) is 5.00. The monoisotopic (exact) mass is 429 g/mol. The second-order valence-corrected chi connectivity index (χ2v) is 8.35. The number of esters is 1. The van der Waals surface area contributed by atoms with Crippen molar-refractivity contribution in [1.29, 1.82) is 0 Å². The van der Waals surface area contributed by atoms with Gasteiger partial charge in [-0.15, -0.1) is 0 Å². The molecule has 0 unspecified atom stereocenters. The average molecular weight is 430 g/mol. The molecule has 1 aliphatic heterocycles. The van der Waals surface area contributed by atoms with Gasteiger partial charge in [0.1, 0.15) is 0 Å². The van der Waals surface area contributed by atoms with Crippen molar-refractivity contribution in [2.24, 2.45) is 5.92 Å². The minimum atomic E-state index is -0.645. The lowest BCUT2D eigenvalue weighted by molar-refractivity contribution is -0.153. The Kier molecular flexibility index (Phi) is 8.03. The van der Waals surface area contributed by atoms with Crippen LogP contribution in [0.25, 0.3) is 0 Å². The molecule has 0 bridgehead atoms. The molecule has 1 saturated carbocycles. The fourth-order valence-electron chi connectivity index (χ4n) is 4.19. The summed E-state index contributed by atoms with van der Waals surface area (Å²) in [7, 11) is 0. The highest BCUT2D eigenvalue weighted by Gasteiger charge is 2.29. The Labute approximate surface area is 182 Å². The summed E-state index contributed by atoms with van der Waals surface area (Å²) < 4.78 is 5.10. The summed E-state index contributed by atoms with van der Waals surface area (Å²) >= 11 is 0. The molecule has 1 saturated heterocycles. The third-order valence-corrected chi connectivity index (χ3v) is 6.03. The maximum absolute atomic E-state index is 12.7. The van der Waals surface area contributed by atoms with Gasteiger partial charge in [-0.05, 0) is 44.2 Å². The van der Waals surface area contributed by atoms with E-state index in [-0.39, 0.29) is 17.9 Å².